The van der Waals surface area contributed by atoms with Crippen molar-refractivity contribution in [1.82, 2.24) is 28.5 Å². The summed E-state index contributed by atoms with van der Waals surface area (Å²) >= 11 is 0. The molecule has 0 fully saturated rings. The van der Waals surface area contributed by atoms with Crippen molar-refractivity contribution in [2.24, 2.45) is 0 Å². The molecule has 0 saturated carbocycles. The molecule has 61 heavy (non-hydrogen) atoms. The number of hydrogen-bond donors (Lipinski definition) is 0. The molecule has 0 saturated heterocycles. The smallest absolute Gasteiger partial charge is 0.160 e. The minimum atomic E-state index is 0.645. The van der Waals surface area contributed by atoms with E-state index in [1.54, 1.807) is 0 Å². The second-order valence-electron chi connectivity index (χ2n) is 15.7. The first-order chi connectivity index (χ1) is 30.3. The zero-order chi connectivity index (χ0) is 40.0. The maximum absolute atomic E-state index is 5.51. The van der Waals surface area contributed by atoms with Crippen LogP contribution in [-0.4, -0.2) is 28.5 Å². The van der Waals surface area contributed by atoms with E-state index in [1.807, 2.05) is 12.1 Å². The number of hydrogen-bond acceptors (Lipinski definition) is 3. The molecule has 5 heterocycles. The van der Waals surface area contributed by atoms with Crippen molar-refractivity contribution < 1.29 is 0 Å². The van der Waals surface area contributed by atoms with Crippen LogP contribution in [0.2, 0.25) is 0 Å². The van der Waals surface area contributed by atoms with Crippen molar-refractivity contribution in [3.05, 3.63) is 206 Å². The van der Waals surface area contributed by atoms with Gasteiger partial charge in [0, 0.05) is 49.3 Å². The van der Waals surface area contributed by atoms with Gasteiger partial charge < -0.3 is 4.57 Å². The third-order valence-electron chi connectivity index (χ3n) is 12.2. The summed E-state index contributed by atoms with van der Waals surface area (Å²) in [6.07, 6.45) is 0. The average Bonchev–Trinajstić information content (AvgIpc) is 4.00. The van der Waals surface area contributed by atoms with Crippen LogP contribution >= 0.6 is 0 Å². The number of imidazole rings is 1. The van der Waals surface area contributed by atoms with Crippen LogP contribution in [0, 0.1) is 0 Å². The largest absolute Gasteiger partial charge is 0.309 e. The Labute approximate surface area is 349 Å². The Balaban J connectivity index is 1.18. The molecule has 0 aliphatic rings. The van der Waals surface area contributed by atoms with E-state index in [0.29, 0.717) is 5.82 Å². The van der Waals surface area contributed by atoms with Crippen LogP contribution in [0.4, 0.5) is 0 Å². The number of fused-ring (bicyclic) bond motifs is 13. The Morgan fingerprint density at radius 2 is 0.754 bits per heavy atom. The standard InChI is InChI=1S/C55H34N6/c1-3-17-35(18-4-1)46-34-47(36-19-5-2-6-20-36)57-53(56-46)37-31-38(59-48-27-13-10-23-42(48)43-24-11-14-28-49(43)59)33-39(32-37)60-51-30-16-12-26-45(51)52-55(60)61-50-29-15-9-22-41(50)40-21-7-8-25-44(40)54(61)58-52/h1-34H. The maximum Gasteiger partial charge on any atom is 0.160 e. The summed E-state index contributed by atoms with van der Waals surface area (Å²) in [6, 6.07) is 73.0. The minimum Gasteiger partial charge on any atom is -0.309 e. The van der Waals surface area contributed by atoms with Gasteiger partial charge in [0.15, 0.2) is 11.5 Å². The van der Waals surface area contributed by atoms with E-state index in [4.69, 9.17) is 15.0 Å². The van der Waals surface area contributed by atoms with E-state index in [-0.39, 0.29) is 0 Å². The second kappa shape index (κ2) is 13.1. The van der Waals surface area contributed by atoms with Crippen molar-refractivity contribution in [3.63, 3.8) is 0 Å². The lowest BCUT2D eigenvalue weighted by atomic mass is 10.1. The summed E-state index contributed by atoms with van der Waals surface area (Å²) in [6.45, 7) is 0. The lowest BCUT2D eigenvalue weighted by molar-refractivity contribution is 1.10. The van der Waals surface area contributed by atoms with Crippen LogP contribution in [0.5, 0.6) is 0 Å². The van der Waals surface area contributed by atoms with E-state index < -0.39 is 0 Å². The molecule has 0 unspecified atom stereocenters. The van der Waals surface area contributed by atoms with Gasteiger partial charge in [-0.15, -0.1) is 0 Å². The molecule has 5 aromatic heterocycles. The normalized spacial score (nSPS) is 11.9. The predicted molar refractivity (Wildman–Crippen MR) is 251 cm³/mol. The molecule has 0 aliphatic heterocycles. The van der Waals surface area contributed by atoms with Crippen LogP contribution < -0.4 is 0 Å². The Morgan fingerprint density at radius 3 is 1.34 bits per heavy atom. The highest BCUT2D eigenvalue weighted by molar-refractivity contribution is 6.17. The van der Waals surface area contributed by atoms with Crippen molar-refractivity contribution in [2.45, 2.75) is 0 Å². The highest BCUT2D eigenvalue weighted by atomic mass is 15.2. The van der Waals surface area contributed by atoms with Gasteiger partial charge in [-0.1, -0.05) is 158 Å². The van der Waals surface area contributed by atoms with Crippen molar-refractivity contribution in [2.75, 3.05) is 0 Å². The van der Waals surface area contributed by atoms with Gasteiger partial charge in [0.05, 0.1) is 39.1 Å². The van der Waals surface area contributed by atoms with Gasteiger partial charge in [-0.05, 0) is 53.9 Å². The lowest BCUT2D eigenvalue weighted by Crippen LogP contribution is -2.03. The van der Waals surface area contributed by atoms with Crippen LogP contribution in [-0.2, 0) is 0 Å². The zero-order valence-corrected chi connectivity index (χ0v) is 32.8. The summed E-state index contributed by atoms with van der Waals surface area (Å²) in [5.74, 6) is 0.645. The number of benzene rings is 8. The fourth-order valence-corrected chi connectivity index (χ4v) is 9.53. The summed E-state index contributed by atoms with van der Waals surface area (Å²) in [5, 5.41) is 6.98. The number of pyridine rings is 1. The van der Waals surface area contributed by atoms with Gasteiger partial charge in [-0.3, -0.25) is 8.97 Å². The van der Waals surface area contributed by atoms with Gasteiger partial charge in [0.25, 0.3) is 0 Å². The zero-order valence-electron chi connectivity index (χ0n) is 32.8. The summed E-state index contributed by atoms with van der Waals surface area (Å²) < 4.78 is 7.14. The molecule has 0 atom stereocenters. The molecule has 6 heteroatoms. The van der Waals surface area contributed by atoms with E-state index in [9.17, 15) is 0 Å². The van der Waals surface area contributed by atoms with Crippen LogP contribution in [0.25, 0.3) is 116 Å². The SMILES string of the molecule is c1ccc(-c2cc(-c3ccccc3)nc(-c3cc(-n4c5ccccc5c5ccccc54)cc(-n4c5ccccc5c5nc6c7ccccc7c7ccccc7n6c54)c3)n2)cc1. The molecule has 0 aliphatic carbocycles. The highest BCUT2D eigenvalue weighted by Crippen LogP contribution is 2.40. The molecule has 0 spiro atoms. The maximum atomic E-state index is 5.51. The first-order valence-corrected chi connectivity index (χ1v) is 20.6. The van der Waals surface area contributed by atoms with Crippen molar-refractivity contribution in [1.29, 1.82) is 0 Å². The number of nitrogens with zero attached hydrogens (tertiary/aromatic N) is 6. The molecule has 0 radical (unpaired) electrons. The molecule has 13 rings (SSSR count). The van der Waals surface area contributed by atoms with Crippen LogP contribution in [0.15, 0.2) is 206 Å². The molecule has 8 aromatic carbocycles. The van der Waals surface area contributed by atoms with Gasteiger partial charge in [0.2, 0.25) is 0 Å². The molecule has 0 bridgehead atoms. The Hall–Kier alpha value is -8.35. The summed E-state index contributed by atoms with van der Waals surface area (Å²) in [7, 11) is 0. The molecule has 13 aromatic rings. The molecule has 0 amide bonds. The molecular formula is C55H34N6. The second-order valence-corrected chi connectivity index (χ2v) is 15.7. The number of para-hydroxylation sites is 4. The third-order valence-corrected chi connectivity index (χ3v) is 12.2. The van der Waals surface area contributed by atoms with Gasteiger partial charge in [-0.2, -0.15) is 0 Å². The quantitative estimate of drug-likeness (QED) is 0.164. The van der Waals surface area contributed by atoms with Gasteiger partial charge >= 0.3 is 0 Å². The minimum absolute atomic E-state index is 0.645. The monoisotopic (exact) mass is 778 g/mol. The van der Waals surface area contributed by atoms with E-state index in [0.717, 1.165) is 89.1 Å². The van der Waals surface area contributed by atoms with E-state index >= 15 is 0 Å². The van der Waals surface area contributed by atoms with Crippen molar-refractivity contribution >= 4 is 71.2 Å². The third kappa shape index (κ3) is 5.06. The van der Waals surface area contributed by atoms with Gasteiger partial charge in [0.1, 0.15) is 11.2 Å². The van der Waals surface area contributed by atoms with Crippen LogP contribution in [0.1, 0.15) is 0 Å². The molecule has 284 valence electrons. The highest BCUT2D eigenvalue weighted by Gasteiger charge is 2.23. The Bertz CT molecular complexity index is 3760. The predicted octanol–water partition coefficient (Wildman–Crippen LogP) is 13.6. The molecular weight excluding hydrogens is 745 g/mol. The fourth-order valence-electron chi connectivity index (χ4n) is 9.53. The Kier molecular flexibility index (Phi) is 7.21. The summed E-state index contributed by atoms with van der Waals surface area (Å²) in [5.41, 5.74) is 14.0. The first kappa shape index (κ1) is 33.6. The average molecular weight is 779 g/mol. The topological polar surface area (TPSA) is 52.9 Å². The van der Waals surface area contributed by atoms with Crippen LogP contribution in [0.3, 0.4) is 0 Å². The van der Waals surface area contributed by atoms with Crippen molar-refractivity contribution in [3.8, 4) is 45.3 Å². The van der Waals surface area contributed by atoms with E-state index in [2.05, 4.69) is 208 Å². The Morgan fingerprint density at radius 1 is 0.311 bits per heavy atom. The van der Waals surface area contributed by atoms with E-state index in [1.165, 1.54) is 21.5 Å². The lowest BCUT2D eigenvalue weighted by Gasteiger charge is -2.17. The first-order valence-electron chi connectivity index (χ1n) is 20.6. The molecule has 6 nitrogen and oxygen atoms in total. The summed E-state index contributed by atoms with van der Waals surface area (Å²) in [4.78, 5) is 16.2. The number of aromatic nitrogens is 6. The fraction of sp³-hybridized carbons (Fsp3) is 0. The number of rotatable bonds is 5. The van der Waals surface area contributed by atoms with Gasteiger partial charge in [-0.25, -0.2) is 15.0 Å². The molecule has 0 N–H and O–H groups in total.